The Labute approximate surface area is 109 Å². The average Bonchev–Trinajstić information content (AvgIpc) is 3.07. The van der Waals surface area contributed by atoms with E-state index in [1.54, 1.807) is 0 Å². The molecule has 0 aliphatic heterocycles. The first-order valence-electron chi connectivity index (χ1n) is 6.64. The minimum Gasteiger partial charge on any atom is -0.463 e. The van der Waals surface area contributed by atoms with Crippen molar-refractivity contribution in [3.05, 3.63) is 17.5 Å². The lowest BCUT2D eigenvalue weighted by atomic mass is 10.1. The molecular formula is C14H23N3O. The van der Waals surface area contributed by atoms with E-state index in [0.717, 1.165) is 30.3 Å². The third kappa shape index (κ3) is 4.26. The van der Waals surface area contributed by atoms with Gasteiger partial charge in [-0.05, 0) is 46.5 Å². The highest BCUT2D eigenvalue weighted by atomic mass is 16.5. The average molecular weight is 249 g/mol. The zero-order chi connectivity index (χ0) is 13.2. The first kappa shape index (κ1) is 13.3. The fourth-order valence-corrected chi connectivity index (χ4v) is 1.55. The van der Waals surface area contributed by atoms with Crippen molar-refractivity contribution in [3.63, 3.8) is 0 Å². The number of hydrogen-bond donors (Lipinski definition) is 1. The molecule has 0 spiro atoms. The van der Waals surface area contributed by atoms with Crippen LogP contribution in [0.15, 0.2) is 6.20 Å². The van der Waals surface area contributed by atoms with Crippen molar-refractivity contribution in [3.8, 4) is 6.01 Å². The predicted octanol–water partition coefficient (Wildman–Crippen LogP) is 2.46. The van der Waals surface area contributed by atoms with Crippen LogP contribution in [0.3, 0.4) is 0 Å². The summed E-state index contributed by atoms with van der Waals surface area (Å²) >= 11 is 0. The molecule has 1 fully saturated rings. The summed E-state index contributed by atoms with van der Waals surface area (Å²) in [5.41, 5.74) is 2.23. The summed E-state index contributed by atoms with van der Waals surface area (Å²) in [7, 11) is 0. The molecule has 1 aromatic rings. The quantitative estimate of drug-likeness (QED) is 0.870. The maximum atomic E-state index is 5.57. The van der Waals surface area contributed by atoms with Gasteiger partial charge in [-0.2, -0.15) is 0 Å². The molecule has 4 heteroatoms. The van der Waals surface area contributed by atoms with Crippen LogP contribution >= 0.6 is 0 Å². The van der Waals surface area contributed by atoms with Gasteiger partial charge in [-0.15, -0.1) is 0 Å². The van der Waals surface area contributed by atoms with Gasteiger partial charge in [0.05, 0.1) is 6.61 Å². The van der Waals surface area contributed by atoms with Crippen LogP contribution in [-0.4, -0.2) is 22.1 Å². The number of aryl methyl sites for hydroxylation is 1. The van der Waals surface area contributed by atoms with Gasteiger partial charge in [-0.3, -0.25) is 0 Å². The highest BCUT2D eigenvalue weighted by Crippen LogP contribution is 2.28. The summed E-state index contributed by atoms with van der Waals surface area (Å²) in [5, 5.41) is 3.44. The van der Waals surface area contributed by atoms with E-state index in [4.69, 9.17) is 4.74 Å². The van der Waals surface area contributed by atoms with Crippen LogP contribution in [0.5, 0.6) is 6.01 Å². The van der Waals surface area contributed by atoms with Gasteiger partial charge in [0, 0.05) is 29.5 Å². The van der Waals surface area contributed by atoms with E-state index in [-0.39, 0.29) is 5.54 Å². The van der Waals surface area contributed by atoms with Gasteiger partial charge in [-0.1, -0.05) is 0 Å². The molecule has 1 aromatic heterocycles. The smallest absolute Gasteiger partial charge is 0.316 e. The molecule has 100 valence electrons. The van der Waals surface area contributed by atoms with Crippen molar-refractivity contribution in [1.82, 2.24) is 15.3 Å². The van der Waals surface area contributed by atoms with E-state index < -0.39 is 0 Å². The Bertz CT molecular complexity index is 408. The number of ether oxygens (including phenoxy) is 1. The van der Waals surface area contributed by atoms with Crippen molar-refractivity contribution in [2.24, 2.45) is 5.92 Å². The first-order chi connectivity index (χ1) is 8.44. The first-order valence-corrected chi connectivity index (χ1v) is 6.64. The number of aromatic nitrogens is 2. The molecule has 4 nitrogen and oxygen atoms in total. The number of hydrogen-bond acceptors (Lipinski definition) is 4. The van der Waals surface area contributed by atoms with Gasteiger partial charge in [0.1, 0.15) is 0 Å². The van der Waals surface area contributed by atoms with Gasteiger partial charge in [-0.25, -0.2) is 9.97 Å². The molecule has 1 aliphatic rings. The van der Waals surface area contributed by atoms with E-state index in [1.807, 2.05) is 13.1 Å². The SMILES string of the molecule is Cc1nc(OCC2CC2)ncc1CNC(C)(C)C. The van der Waals surface area contributed by atoms with E-state index in [0.29, 0.717) is 6.01 Å². The van der Waals surface area contributed by atoms with Crippen LogP contribution in [0, 0.1) is 12.8 Å². The summed E-state index contributed by atoms with van der Waals surface area (Å²) < 4.78 is 5.57. The van der Waals surface area contributed by atoms with Gasteiger partial charge in [0.2, 0.25) is 0 Å². The Morgan fingerprint density at radius 2 is 2.11 bits per heavy atom. The Balaban J connectivity index is 1.91. The topological polar surface area (TPSA) is 47.0 Å². The van der Waals surface area contributed by atoms with Crippen LogP contribution in [0.2, 0.25) is 0 Å². The maximum Gasteiger partial charge on any atom is 0.316 e. The molecule has 1 aliphatic carbocycles. The second-order valence-corrected chi connectivity index (χ2v) is 6.12. The second-order valence-electron chi connectivity index (χ2n) is 6.12. The molecule has 1 heterocycles. The molecule has 1 N–H and O–H groups in total. The van der Waals surface area contributed by atoms with Crippen molar-refractivity contribution < 1.29 is 4.74 Å². The molecule has 0 saturated heterocycles. The summed E-state index contributed by atoms with van der Waals surface area (Å²) in [4.78, 5) is 8.67. The van der Waals surface area contributed by atoms with E-state index in [2.05, 4.69) is 36.1 Å². The van der Waals surface area contributed by atoms with E-state index in [9.17, 15) is 0 Å². The van der Waals surface area contributed by atoms with Gasteiger partial charge in [0.15, 0.2) is 0 Å². The maximum absolute atomic E-state index is 5.57. The van der Waals surface area contributed by atoms with Crippen LogP contribution in [-0.2, 0) is 6.54 Å². The van der Waals surface area contributed by atoms with Crippen molar-refractivity contribution in [1.29, 1.82) is 0 Å². The van der Waals surface area contributed by atoms with Crippen LogP contribution in [0.1, 0.15) is 44.9 Å². The number of nitrogens with one attached hydrogen (secondary N) is 1. The van der Waals surface area contributed by atoms with E-state index in [1.165, 1.54) is 12.8 Å². The highest BCUT2D eigenvalue weighted by Gasteiger charge is 2.22. The molecule has 0 unspecified atom stereocenters. The Hall–Kier alpha value is -1.16. The Kier molecular flexibility index (Phi) is 3.85. The molecule has 1 saturated carbocycles. The van der Waals surface area contributed by atoms with Crippen LogP contribution in [0.25, 0.3) is 0 Å². The van der Waals surface area contributed by atoms with Gasteiger partial charge >= 0.3 is 6.01 Å². The largest absolute Gasteiger partial charge is 0.463 e. The summed E-state index contributed by atoms with van der Waals surface area (Å²) in [5.74, 6) is 0.733. The van der Waals surface area contributed by atoms with Crippen LogP contribution < -0.4 is 10.1 Å². The zero-order valence-electron chi connectivity index (χ0n) is 11.8. The van der Waals surface area contributed by atoms with E-state index >= 15 is 0 Å². The lowest BCUT2D eigenvalue weighted by Crippen LogP contribution is -2.35. The third-order valence-corrected chi connectivity index (χ3v) is 3.01. The fraction of sp³-hybridized carbons (Fsp3) is 0.714. The van der Waals surface area contributed by atoms with Gasteiger partial charge < -0.3 is 10.1 Å². The molecule has 0 aromatic carbocycles. The molecule has 0 bridgehead atoms. The normalized spacial score (nSPS) is 15.8. The zero-order valence-corrected chi connectivity index (χ0v) is 11.8. The molecule has 18 heavy (non-hydrogen) atoms. The van der Waals surface area contributed by atoms with Gasteiger partial charge in [0.25, 0.3) is 0 Å². The van der Waals surface area contributed by atoms with Crippen molar-refractivity contribution >= 4 is 0 Å². The lowest BCUT2D eigenvalue weighted by Gasteiger charge is -2.20. The highest BCUT2D eigenvalue weighted by molar-refractivity contribution is 5.17. The predicted molar refractivity (Wildman–Crippen MR) is 71.6 cm³/mol. The van der Waals surface area contributed by atoms with Crippen LogP contribution in [0.4, 0.5) is 0 Å². The molecule has 2 rings (SSSR count). The molecule has 0 radical (unpaired) electrons. The third-order valence-electron chi connectivity index (χ3n) is 3.01. The number of nitrogens with zero attached hydrogens (tertiary/aromatic N) is 2. The molecular weight excluding hydrogens is 226 g/mol. The number of rotatable bonds is 5. The minimum atomic E-state index is 0.105. The summed E-state index contributed by atoms with van der Waals surface area (Å²) in [6.07, 6.45) is 4.43. The van der Waals surface area contributed by atoms with Crippen molar-refractivity contribution in [2.45, 2.75) is 52.6 Å². The monoisotopic (exact) mass is 249 g/mol. The second kappa shape index (κ2) is 5.22. The fourth-order valence-electron chi connectivity index (χ4n) is 1.55. The molecule has 0 atom stereocenters. The molecule has 0 amide bonds. The van der Waals surface area contributed by atoms with Crippen molar-refractivity contribution in [2.75, 3.05) is 6.61 Å². The Morgan fingerprint density at radius 3 is 2.67 bits per heavy atom. The standard InChI is InChI=1S/C14H23N3O/c1-10-12(8-16-14(2,3)4)7-15-13(17-10)18-9-11-5-6-11/h7,11,16H,5-6,8-9H2,1-4H3. The summed E-state index contributed by atoms with van der Waals surface area (Å²) in [6, 6.07) is 0.513. The lowest BCUT2D eigenvalue weighted by molar-refractivity contribution is 0.275. The minimum absolute atomic E-state index is 0.105. The summed E-state index contributed by atoms with van der Waals surface area (Å²) in [6.45, 7) is 10.0. The Morgan fingerprint density at radius 1 is 1.39 bits per heavy atom.